The number of benzene rings is 1. The summed E-state index contributed by atoms with van der Waals surface area (Å²) in [5.41, 5.74) is 1.20. The molecule has 0 aliphatic heterocycles. The van der Waals surface area contributed by atoms with E-state index in [0.717, 1.165) is 10.4 Å². The van der Waals surface area contributed by atoms with E-state index < -0.39 is 0 Å². The van der Waals surface area contributed by atoms with Crippen molar-refractivity contribution in [2.24, 2.45) is 0 Å². The van der Waals surface area contributed by atoms with Crippen LogP contribution in [0.15, 0.2) is 36.5 Å². The lowest BCUT2D eigenvalue weighted by molar-refractivity contribution is 0.102. The van der Waals surface area contributed by atoms with Gasteiger partial charge >= 0.3 is 0 Å². The number of amides is 1. The van der Waals surface area contributed by atoms with Crippen molar-refractivity contribution < 1.29 is 9.53 Å². The minimum absolute atomic E-state index is 0.234. The minimum atomic E-state index is -0.234. The molecule has 1 amide bonds. The van der Waals surface area contributed by atoms with Crippen LogP contribution in [0.3, 0.4) is 0 Å². The number of carbonyl (C=O) groups is 1. The average Bonchev–Trinajstić information content (AvgIpc) is 3.02. The summed E-state index contributed by atoms with van der Waals surface area (Å²) in [6.07, 6.45) is 2.37. The Morgan fingerprint density at radius 1 is 1.26 bits per heavy atom. The van der Waals surface area contributed by atoms with Crippen LogP contribution in [0.4, 0.5) is 5.13 Å². The Morgan fingerprint density at radius 2 is 2.13 bits per heavy atom. The molecule has 1 N–H and O–H groups in total. The highest BCUT2D eigenvalue weighted by Crippen LogP contribution is 2.20. The highest BCUT2D eigenvalue weighted by atomic mass is 32.1. The zero-order valence-electron chi connectivity index (χ0n) is 12.7. The van der Waals surface area contributed by atoms with Crippen LogP contribution in [0.2, 0.25) is 0 Å². The number of ether oxygens (including phenoxy) is 1. The van der Waals surface area contributed by atoms with Gasteiger partial charge in [0.15, 0.2) is 0 Å². The summed E-state index contributed by atoms with van der Waals surface area (Å²) in [5, 5.41) is 13.1. The van der Waals surface area contributed by atoms with E-state index in [1.54, 1.807) is 12.3 Å². The first-order valence-electron chi connectivity index (χ1n) is 7.33. The zero-order valence-corrected chi connectivity index (χ0v) is 13.5. The summed E-state index contributed by atoms with van der Waals surface area (Å²) in [6.45, 7) is 3.23. The maximum Gasteiger partial charge on any atom is 0.259 e. The van der Waals surface area contributed by atoms with E-state index in [1.165, 1.54) is 11.3 Å². The van der Waals surface area contributed by atoms with Gasteiger partial charge in [-0.2, -0.15) is 0 Å². The Kier molecular flexibility index (Phi) is 4.89. The first-order valence-corrected chi connectivity index (χ1v) is 8.15. The van der Waals surface area contributed by atoms with Crippen molar-refractivity contribution in [1.82, 2.24) is 15.2 Å². The summed E-state index contributed by atoms with van der Waals surface area (Å²) in [6, 6.07) is 9.29. The van der Waals surface area contributed by atoms with Gasteiger partial charge in [-0.3, -0.25) is 15.1 Å². The summed E-state index contributed by atoms with van der Waals surface area (Å²) in [5.74, 6) is -0.234. The molecule has 0 atom stereocenters. The lowest BCUT2D eigenvalue weighted by atomic mass is 10.1. The summed E-state index contributed by atoms with van der Waals surface area (Å²) >= 11 is 1.36. The Bertz CT molecular complexity index is 813. The predicted octanol–water partition coefficient (Wildman–Crippen LogP) is 2.92. The molecule has 3 rings (SSSR count). The van der Waals surface area contributed by atoms with Crippen molar-refractivity contribution in [1.29, 1.82) is 0 Å². The van der Waals surface area contributed by atoms with Crippen molar-refractivity contribution in [3.8, 4) is 0 Å². The van der Waals surface area contributed by atoms with Gasteiger partial charge in [-0.15, -0.1) is 10.2 Å². The summed E-state index contributed by atoms with van der Waals surface area (Å²) < 4.78 is 5.29. The fourth-order valence-corrected chi connectivity index (χ4v) is 2.88. The predicted molar refractivity (Wildman–Crippen MR) is 89.8 cm³/mol. The van der Waals surface area contributed by atoms with Gasteiger partial charge < -0.3 is 4.74 Å². The van der Waals surface area contributed by atoms with Crippen LogP contribution in [0.5, 0.6) is 0 Å². The lowest BCUT2D eigenvalue weighted by Crippen LogP contribution is -2.12. The van der Waals surface area contributed by atoms with E-state index in [4.69, 9.17) is 4.74 Å². The fourth-order valence-electron chi connectivity index (χ4n) is 2.16. The molecular formula is C16H16N4O2S. The molecule has 7 heteroatoms. The standard InChI is InChI=1S/C16H16N4O2S/c1-2-22-10-8-13-19-20-16(23-13)18-15(21)12-7-3-5-11-6-4-9-17-14(11)12/h3-7,9H,2,8,10H2,1H3,(H,18,20,21). The van der Waals surface area contributed by atoms with E-state index in [9.17, 15) is 4.79 Å². The molecule has 118 valence electrons. The van der Waals surface area contributed by atoms with Crippen LogP contribution < -0.4 is 5.32 Å². The van der Waals surface area contributed by atoms with Crippen LogP contribution in [0.1, 0.15) is 22.3 Å². The quantitative estimate of drug-likeness (QED) is 0.704. The number of aromatic nitrogens is 3. The monoisotopic (exact) mass is 328 g/mol. The maximum atomic E-state index is 12.5. The third-order valence-electron chi connectivity index (χ3n) is 3.23. The number of para-hydroxylation sites is 1. The molecule has 1 aromatic carbocycles. The number of nitrogens with zero attached hydrogens (tertiary/aromatic N) is 3. The van der Waals surface area contributed by atoms with E-state index in [2.05, 4.69) is 20.5 Å². The Morgan fingerprint density at radius 3 is 3.00 bits per heavy atom. The van der Waals surface area contributed by atoms with Gasteiger partial charge in [-0.05, 0) is 19.1 Å². The molecule has 0 aliphatic rings. The average molecular weight is 328 g/mol. The Balaban J connectivity index is 1.73. The zero-order chi connectivity index (χ0) is 16.1. The number of hydrogen-bond donors (Lipinski definition) is 1. The molecule has 0 fully saturated rings. The normalized spacial score (nSPS) is 10.8. The lowest BCUT2D eigenvalue weighted by Gasteiger charge is -2.04. The topological polar surface area (TPSA) is 77.0 Å². The van der Waals surface area contributed by atoms with Gasteiger partial charge in [0.1, 0.15) is 5.01 Å². The third kappa shape index (κ3) is 3.69. The second-order valence-corrected chi connectivity index (χ2v) is 5.84. The van der Waals surface area contributed by atoms with Crippen LogP contribution in [0, 0.1) is 0 Å². The molecule has 0 saturated carbocycles. The highest BCUT2D eigenvalue weighted by Gasteiger charge is 2.13. The summed E-state index contributed by atoms with van der Waals surface area (Å²) in [4.78, 5) is 16.7. The van der Waals surface area contributed by atoms with Gasteiger partial charge in [-0.1, -0.05) is 29.5 Å². The molecule has 0 unspecified atom stereocenters. The number of nitrogens with one attached hydrogen (secondary N) is 1. The molecule has 6 nitrogen and oxygen atoms in total. The van der Waals surface area contributed by atoms with Crippen LogP contribution in [-0.4, -0.2) is 34.3 Å². The summed E-state index contributed by atoms with van der Waals surface area (Å²) in [7, 11) is 0. The molecule has 0 spiro atoms. The Labute approximate surface area is 137 Å². The van der Waals surface area contributed by atoms with Crippen molar-refractivity contribution in [2.45, 2.75) is 13.3 Å². The molecule has 0 saturated heterocycles. The maximum absolute atomic E-state index is 12.5. The number of carbonyl (C=O) groups excluding carboxylic acids is 1. The van der Waals surface area contributed by atoms with Crippen molar-refractivity contribution in [3.05, 3.63) is 47.1 Å². The van der Waals surface area contributed by atoms with E-state index in [-0.39, 0.29) is 5.91 Å². The number of anilines is 1. The number of hydrogen-bond acceptors (Lipinski definition) is 6. The van der Waals surface area contributed by atoms with Gasteiger partial charge in [0, 0.05) is 24.6 Å². The molecule has 2 aromatic heterocycles. The van der Waals surface area contributed by atoms with Crippen LogP contribution in [0.25, 0.3) is 10.9 Å². The SMILES string of the molecule is CCOCCc1nnc(NC(=O)c2cccc3cccnc23)s1. The Hall–Kier alpha value is -2.38. The van der Waals surface area contributed by atoms with E-state index in [0.29, 0.717) is 35.8 Å². The minimum Gasteiger partial charge on any atom is -0.381 e. The third-order valence-corrected chi connectivity index (χ3v) is 4.13. The second kappa shape index (κ2) is 7.26. The molecule has 2 heterocycles. The van der Waals surface area contributed by atoms with Gasteiger partial charge in [0.05, 0.1) is 17.7 Å². The van der Waals surface area contributed by atoms with Gasteiger partial charge in [0.2, 0.25) is 5.13 Å². The molecule has 0 radical (unpaired) electrons. The first kappa shape index (κ1) is 15.5. The first-order chi connectivity index (χ1) is 11.3. The number of fused-ring (bicyclic) bond motifs is 1. The molecule has 23 heavy (non-hydrogen) atoms. The number of pyridine rings is 1. The molecular weight excluding hydrogens is 312 g/mol. The van der Waals surface area contributed by atoms with Gasteiger partial charge in [-0.25, -0.2) is 0 Å². The fraction of sp³-hybridized carbons (Fsp3) is 0.250. The largest absolute Gasteiger partial charge is 0.381 e. The van der Waals surface area contributed by atoms with E-state index >= 15 is 0 Å². The van der Waals surface area contributed by atoms with Crippen LogP contribution in [-0.2, 0) is 11.2 Å². The van der Waals surface area contributed by atoms with E-state index in [1.807, 2.05) is 31.2 Å². The van der Waals surface area contributed by atoms with Crippen molar-refractivity contribution >= 4 is 33.3 Å². The molecule has 0 aliphatic carbocycles. The molecule has 0 bridgehead atoms. The number of rotatable bonds is 6. The van der Waals surface area contributed by atoms with Crippen molar-refractivity contribution in [2.75, 3.05) is 18.5 Å². The smallest absolute Gasteiger partial charge is 0.259 e. The van der Waals surface area contributed by atoms with Crippen molar-refractivity contribution in [3.63, 3.8) is 0 Å². The second-order valence-electron chi connectivity index (χ2n) is 4.78. The highest BCUT2D eigenvalue weighted by molar-refractivity contribution is 7.15. The molecule has 3 aromatic rings. The van der Waals surface area contributed by atoms with Gasteiger partial charge in [0.25, 0.3) is 5.91 Å². The van der Waals surface area contributed by atoms with Crippen LogP contribution >= 0.6 is 11.3 Å².